The zero-order valence-corrected chi connectivity index (χ0v) is 10.5. The minimum absolute atomic E-state index is 0.0566. The lowest BCUT2D eigenvalue weighted by molar-refractivity contribution is 0.829. The summed E-state index contributed by atoms with van der Waals surface area (Å²) in [6.45, 7) is 0. The molecule has 0 saturated carbocycles. The normalized spacial score (nSPS) is 11.4. The van der Waals surface area contributed by atoms with Gasteiger partial charge in [0.05, 0.1) is 5.50 Å². The molecule has 0 atom stereocenters. The molecular formula is C13H12ClFSi. The summed E-state index contributed by atoms with van der Waals surface area (Å²) in [7, 11) is -3.21. The third kappa shape index (κ3) is 2.03. The third-order valence-corrected chi connectivity index (χ3v) is 6.62. The van der Waals surface area contributed by atoms with Crippen LogP contribution in [0.25, 0.3) is 0 Å². The van der Waals surface area contributed by atoms with Gasteiger partial charge >= 0.3 is 8.41 Å². The molecule has 2 aromatic rings. The Kier molecular flexibility index (Phi) is 3.41. The Hall–Kier alpha value is -1.12. The van der Waals surface area contributed by atoms with Crippen LogP contribution < -0.4 is 10.4 Å². The Morgan fingerprint density at radius 1 is 0.812 bits per heavy atom. The van der Waals surface area contributed by atoms with Crippen molar-refractivity contribution in [1.29, 1.82) is 0 Å². The molecule has 0 N–H and O–H groups in total. The van der Waals surface area contributed by atoms with Gasteiger partial charge in [0, 0.05) is 0 Å². The van der Waals surface area contributed by atoms with Crippen molar-refractivity contribution >= 4 is 30.4 Å². The van der Waals surface area contributed by atoms with E-state index in [1.807, 2.05) is 60.7 Å². The van der Waals surface area contributed by atoms with Gasteiger partial charge < -0.3 is 4.11 Å². The van der Waals surface area contributed by atoms with Crippen molar-refractivity contribution < 1.29 is 4.11 Å². The average molecular weight is 251 g/mol. The standard InChI is InChI=1S/C13H12ClFSi/c14-11-16(15,12-7-3-1-4-8-12)13-9-5-2-6-10-13/h1-10H,11H2. The molecule has 2 aromatic carbocycles. The van der Waals surface area contributed by atoms with Crippen LogP contribution in [0.15, 0.2) is 60.7 Å². The van der Waals surface area contributed by atoms with Gasteiger partial charge in [-0.05, 0) is 10.4 Å². The van der Waals surface area contributed by atoms with Gasteiger partial charge in [-0.1, -0.05) is 60.7 Å². The van der Waals surface area contributed by atoms with Crippen molar-refractivity contribution in [2.24, 2.45) is 0 Å². The summed E-state index contributed by atoms with van der Waals surface area (Å²) < 4.78 is 15.0. The smallest absolute Gasteiger partial charge is 0.301 e. The van der Waals surface area contributed by atoms with E-state index in [1.54, 1.807) is 0 Å². The molecule has 0 unspecified atom stereocenters. The number of rotatable bonds is 3. The molecule has 0 fully saturated rings. The molecule has 16 heavy (non-hydrogen) atoms. The monoisotopic (exact) mass is 250 g/mol. The Morgan fingerprint density at radius 3 is 1.50 bits per heavy atom. The molecule has 0 heterocycles. The molecule has 2 rings (SSSR count). The molecule has 0 radical (unpaired) electrons. The molecular weight excluding hydrogens is 239 g/mol. The Bertz CT molecular complexity index is 405. The first-order chi connectivity index (χ1) is 7.77. The molecule has 0 aromatic heterocycles. The highest BCUT2D eigenvalue weighted by molar-refractivity contribution is 7.00. The summed E-state index contributed by atoms with van der Waals surface area (Å²) in [6.07, 6.45) is 0. The first kappa shape index (κ1) is 11.4. The van der Waals surface area contributed by atoms with Gasteiger partial charge in [-0.25, -0.2) is 0 Å². The molecule has 0 nitrogen and oxygen atoms in total. The summed E-state index contributed by atoms with van der Waals surface area (Å²) in [5.74, 6) is 0. The predicted molar refractivity (Wildman–Crippen MR) is 69.7 cm³/mol. The van der Waals surface area contributed by atoms with Gasteiger partial charge in [0.1, 0.15) is 0 Å². The van der Waals surface area contributed by atoms with Gasteiger partial charge in [0.15, 0.2) is 0 Å². The largest absolute Gasteiger partial charge is 0.322 e. The lowest BCUT2D eigenvalue weighted by Crippen LogP contribution is -2.56. The highest BCUT2D eigenvalue weighted by Gasteiger charge is 2.37. The van der Waals surface area contributed by atoms with E-state index in [0.717, 1.165) is 10.4 Å². The Morgan fingerprint density at radius 2 is 1.19 bits per heavy atom. The zero-order chi connectivity index (χ0) is 11.4. The highest BCUT2D eigenvalue weighted by atomic mass is 35.5. The number of halogens is 2. The maximum atomic E-state index is 15.0. The highest BCUT2D eigenvalue weighted by Crippen LogP contribution is 2.09. The number of hydrogen-bond donors (Lipinski definition) is 0. The summed E-state index contributed by atoms with van der Waals surface area (Å²) in [6, 6.07) is 18.5. The quantitative estimate of drug-likeness (QED) is 0.446. The zero-order valence-electron chi connectivity index (χ0n) is 8.74. The molecule has 0 aliphatic heterocycles. The van der Waals surface area contributed by atoms with E-state index in [1.165, 1.54) is 0 Å². The molecule has 0 saturated heterocycles. The van der Waals surface area contributed by atoms with E-state index in [-0.39, 0.29) is 5.50 Å². The van der Waals surface area contributed by atoms with Crippen molar-refractivity contribution in [3.8, 4) is 0 Å². The van der Waals surface area contributed by atoms with Gasteiger partial charge in [0.25, 0.3) is 0 Å². The van der Waals surface area contributed by atoms with Crippen LogP contribution in [0.3, 0.4) is 0 Å². The van der Waals surface area contributed by atoms with Crippen LogP contribution in [0.5, 0.6) is 0 Å². The number of alkyl halides is 1. The summed E-state index contributed by atoms with van der Waals surface area (Å²) in [5.41, 5.74) is 0.0566. The lowest BCUT2D eigenvalue weighted by atomic mass is 10.4. The molecule has 0 aliphatic carbocycles. The molecule has 82 valence electrons. The van der Waals surface area contributed by atoms with Crippen molar-refractivity contribution in [2.45, 2.75) is 0 Å². The van der Waals surface area contributed by atoms with Crippen LogP contribution in [-0.2, 0) is 0 Å². The molecule has 0 spiro atoms. The van der Waals surface area contributed by atoms with Crippen LogP contribution in [0.4, 0.5) is 4.11 Å². The third-order valence-electron chi connectivity index (χ3n) is 2.65. The fraction of sp³-hybridized carbons (Fsp3) is 0.0769. The summed E-state index contributed by atoms with van der Waals surface area (Å²) in [5, 5.41) is 1.47. The van der Waals surface area contributed by atoms with Crippen molar-refractivity contribution in [3.63, 3.8) is 0 Å². The number of hydrogen-bond acceptors (Lipinski definition) is 0. The van der Waals surface area contributed by atoms with E-state index in [4.69, 9.17) is 11.6 Å². The second-order valence-corrected chi connectivity index (χ2v) is 7.49. The first-order valence-electron chi connectivity index (χ1n) is 5.13. The second kappa shape index (κ2) is 4.81. The van der Waals surface area contributed by atoms with Crippen LogP contribution in [-0.4, -0.2) is 13.9 Å². The van der Waals surface area contributed by atoms with Crippen LogP contribution in [0.2, 0.25) is 0 Å². The van der Waals surface area contributed by atoms with Crippen molar-refractivity contribution in [1.82, 2.24) is 0 Å². The van der Waals surface area contributed by atoms with E-state index in [0.29, 0.717) is 0 Å². The van der Waals surface area contributed by atoms with Crippen LogP contribution in [0, 0.1) is 0 Å². The van der Waals surface area contributed by atoms with E-state index >= 15 is 0 Å². The Labute approximate surface area is 101 Å². The van der Waals surface area contributed by atoms with Crippen LogP contribution in [0.1, 0.15) is 0 Å². The summed E-state index contributed by atoms with van der Waals surface area (Å²) >= 11 is 5.86. The second-order valence-electron chi connectivity index (χ2n) is 3.67. The summed E-state index contributed by atoms with van der Waals surface area (Å²) in [4.78, 5) is 0. The molecule has 0 aliphatic rings. The topological polar surface area (TPSA) is 0 Å². The average Bonchev–Trinajstić information content (AvgIpc) is 2.40. The fourth-order valence-corrected chi connectivity index (χ4v) is 4.74. The Balaban J connectivity index is 2.49. The van der Waals surface area contributed by atoms with Gasteiger partial charge in [0.2, 0.25) is 0 Å². The number of benzene rings is 2. The van der Waals surface area contributed by atoms with E-state index in [9.17, 15) is 4.11 Å². The SMILES string of the molecule is F[Si](CCl)(c1ccccc1)c1ccccc1. The van der Waals surface area contributed by atoms with Crippen molar-refractivity contribution in [3.05, 3.63) is 60.7 Å². The van der Waals surface area contributed by atoms with Crippen LogP contribution >= 0.6 is 11.6 Å². The van der Waals surface area contributed by atoms with E-state index < -0.39 is 8.41 Å². The first-order valence-corrected chi connectivity index (χ1v) is 7.75. The predicted octanol–water partition coefficient (Wildman–Crippen LogP) is 2.49. The maximum absolute atomic E-state index is 15.0. The molecule has 0 bridgehead atoms. The van der Waals surface area contributed by atoms with Gasteiger partial charge in [-0.3, -0.25) is 0 Å². The van der Waals surface area contributed by atoms with Gasteiger partial charge in [-0.2, -0.15) is 0 Å². The maximum Gasteiger partial charge on any atom is 0.322 e. The lowest BCUT2D eigenvalue weighted by Gasteiger charge is -2.20. The minimum atomic E-state index is -3.21. The molecule has 3 heteroatoms. The molecule has 0 amide bonds. The van der Waals surface area contributed by atoms with E-state index in [2.05, 4.69) is 0 Å². The van der Waals surface area contributed by atoms with Gasteiger partial charge in [-0.15, -0.1) is 11.6 Å². The fourth-order valence-electron chi connectivity index (χ4n) is 1.73. The van der Waals surface area contributed by atoms with Crippen molar-refractivity contribution in [2.75, 3.05) is 5.50 Å². The minimum Gasteiger partial charge on any atom is -0.301 e.